The molecule has 0 saturated heterocycles. The van der Waals surface area contributed by atoms with Crippen molar-refractivity contribution >= 4 is 17.6 Å². The first-order valence-electron chi connectivity index (χ1n) is 13.3. The number of carboxylic acids is 1. The number of carboxylic acid groups (broad SMARTS) is 1. The lowest BCUT2D eigenvalue weighted by atomic mass is 9.72. The molecule has 0 spiro atoms. The third kappa shape index (κ3) is 6.73. The van der Waals surface area contributed by atoms with Crippen LogP contribution in [0.5, 0.6) is 0 Å². The maximum absolute atomic E-state index is 11.5. The quantitative estimate of drug-likeness (QED) is 0.436. The molecule has 3 atom stereocenters. The third-order valence-corrected chi connectivity index (χ3v) is 8.84. The molecule has 0 amide bonds. The van der Waals surface area contributed by atoms with Crippen LogP contribution in [0.4, 0.5) is 0 Å². The molecule has 3 fully saturated rings. The Morgan fingerprint density at radius 1 is 0.812 bits per heavy atom. The highest BCUT2D eigenvalue weighted by molar-refractivity contribution is 6.30. The summed E-state index contributed by atoms with van der Waals surface area (Å²) in [6.07, 6.45) is 17.4. The van der Waals surface area contributed by atoms with Gasteiger partial charge < -0.3 is 5.11 Å². The number of halogens is 1. The molecular formula is C28H42ClNO2. The molecule has 32 heavy (non-hydrogen) atoms. The lowest BCUT2D eigenvalue weighted by Gasteiger charge is -2.46. The van der Waals surface area contributed by atoms with E-state index in [2.05, 4.69) is 17.0 Å². The maximum atomic E-state index is 11.5. The smallest absolute Gasteiger partial charge is 0.303 e. The molecule has 3 nitrogen and oxygen atoms in total. The van der Waals surface area contributed by atoms with E-state index in [0.29, 0.717) is 18.4 Å². The number of nitrogens with zero attached hydrogens (tertiary/aromatic N) is 1. The third-order valence-electron chi connectivity index (χ3n) is 8.59. The van der Waals surface area contributed by atoms with Crippen LogP contribution in [0.1, 0.15) is 101 Å². The van der Waals surface area contributed by atoms with Crippen LogP contribution >= 0.6 is 11.6 Å². The molecule has 0 unspecified atom stereocenters. The number of carbonyl (C=O) groups is 1. The normalized spacial score (nSPS) is 28.1. The van der Waals surface area contributed by atoms with E-state index in [1.165, 1.54) is 82.9 Å². The average molecular weight is 460 g/mol. The van der Waals surface area contributed by atoms with Crippen molar-refractivity contribution in [3.63, 3.8) is 0 Å². The average Bonchev–Trinajstić information content (AvgIpc) is 2.80. The zero-order valence-corrected chi connectivity index (χ0v) is 20.4. The zero-order valence-electron chi connectivity index (χ0n) is 19.7. The highest BCUT2D eigenvalue weighted by Gasteiger charge is 2.37. The van der Waals surface area contributed by atoms with Gasteiger partial charge in [-0.1, -0.05) is 62.3 Å². The lowest BCUT2D eigenvalue weighted by Crippen LogP contribution is -2.47. The molecule has 1 aromatic carbocycles. The summed E-state index contributed by atoms with van der Waals surface area (Å²) in [6.45, 7) is 2.49. The SMILES string of the molecule is O=C(O)C[C@@H]1CC[C@@H](N(CC2CCCCC2)CC2CCCCC2)[C@H](c2ccc(Cl)cc2)C1. The van der Waals surface area contributed by atoms with Crippen molar-refractivity contribution in [2.24, 2.45) is 17.8 Å². The first-order valence-corrected chi connectivity index (χ1v) is 13.7. The molecule has 4 heteroatoms. The van der Waals surface area contributed by atoms with E-state index in [-0.39, 0.29) is 5.92 Å². The molecule has 0 radical (unpaired) electrons. The minimum Gasteiger partial charge on any atom is -0.481 e. The van der Waals surface area contributed by atoms with E-state index >= 15 is 0 Å². The Labute approximate surface area is 199 Å². The summed E-state index contributed by atoms with van der Waals surface area (Å²) in [5, 5.41) is 10.2. The summed E-state index contributed by atoms with van der Waals surface area (Å²) < 4.78 is 0. The fourth-order valence-corrected chi connectivity index (χ4v) is 7.05. The van der Waals surface area contributed by atoms with Crippen LogP contribution in [-0.2, 0) is 4.79 Å². The molecule has 0 aliphatic heterocycles. The van der Waals surface area contributed by atoms with E-state index in [9.17, 15) is 9.90 Å². The van der Waals surface area contributed by atoms with Crippen LogP contribution in [0.15, 0.2) is 24.3 Å². The van der Waals surface area contributed by atoms with Crippen LogP contribution in [0.3, 0.4) is 0 Å². The number of hydrogen-bond donors (Lipinski definition) is 1. The fourth-order valence-electron chi connectivity index (χ4n) is 6.93. The van der Waals surface area contributed by atoms with Crippen molar-refractivity contribution in [2.75, 3.05) is 13.1 Å². The summed E-state index contributed by atoms with van der Waals surface area (Å²) in [5.74, 6) is 1.74. The predicted octanol–water partition coefficient (Wildman–Crippen LogP) is 7.53. The van der Waals surface area contributed by atoms with Crippen LogP contribution in [-0.4, -0.2) is 35.1 Å². The van der Waals surface area contributed by atoms with Gasteiger partial charge in [0.25, 0.3) is 0 Å². The summed E-state index contributed by atoms with van der Waals surface area (Å²) in [6, 6.07) is 8.96. The number of aliphatic carboxylic acids is 1. The van der Waals surface area contributed by atoms with Gasteiger partial charge in [0.15, 0.2) is 0 Å². The highest BCUT2D eigenvalue weighted by atomic mass is 35.5. The van der Waals surface area contributed by atoms with Crippen molar-refractivity contribution in [1.29, 1.82) is 0 Å². The van der Waals surface area contributed by atoms with Gasteiger partial charge in [0.2, 0.25) is 0 Å². The van der Waals surface area contributed by atoms with E-state index in [1.54, 1.807) is 0 Å². The summed E-state index contributed by atoms with van der Waals surface area (Å²) in [5.41, 5.74) is 1.35. The monoisotopic (exact) mass is 459 g/mol. The van der Waals surface area contributed by atoms with Crippen molar-refractivity contribution < 1.29 is 9.90 Å². The van der Waals surface area contributed by atoms with Crippen LogP contribution in [0.2, 0.25) is 5.02 Å². The molecule has 3 aliphatic rings. The minimum absolute atomic E-state index is 0.288. The molecule has 3 aliphatic carbocycles. The Hall–Kier alpha value is -1.06. The second-order valence-corrected chi connectivity index (χ2v) is 11.4. The van der Waals surface area contributed by atoms with Crippen molar-refractivity contribution in [2.45, 2.75) is 102 Å². The van der Waals surface area contributed by atoms with Gasteiger partial charge in [0, 0.05) is 30.6 Å². The Morgan fingerprint density at radius 3 is 1.91 bits per heavy atom. The van der Waals surface area contributed by atoms with E-state index in [0.717, 1.165) is 36.1 Å². The summed E-state index contributed by atoms with van der Waals surface area (Å²) in [7, 11) is 0. The standard InChI is InChI=1S/C28H42ClNO2/c29-25-14-12-24(13-15-25)26-17-23(18-28(31)32)11-16-27(26)30(19-21-7-3-1-4-8-21)20-22-9-5-2-6-10-22/h12-15,21-23,26-27H,1-11,16-20H2,(H,31,32)/t23-,26+,27-/m1/s1. The van der Waals surface area contributed by atoms with Crippen molar-refractivity contribution in [3.05, 3.63) is 34.9 Å². The van der Waals surface area contributed by atoms with E-state index in [4.69, 9.17) is 11.6 Å². The van der Waals surface area contributed by atoms with Gasteiger partial charge in [-0.05, 0) is 86.3 Å². The highest BCUT2D eigenvalue weighted by Crippen LogP contribution is 2.42. The molecule has 0 heterocycles. The van der Waals surface area contributed by atoms with Gasteiger partial charge in [0.05, 0.1) is 0 Å². The fraction of sp³-hybridized carbons (Fsp3) is 0.750. The van der Waals surface area contributed by atoms with Crippen molar-refractivity contribution in [3.8, 4) is 0 Å². The van der Waals surface area contributed by atoms with Gasteiger partial charge in [0.1, 0.15) is 0 Å². The van der Waals surface area contributed by atoms with E-state index < -0.39 is 5.97 Å². The molecule has 0 bridgehead atoms. The molecule has 1 aromatic rings. The Bertz CT molecular complexity index is 689. The number of hydrogen-bond acceptors (Lipinski definition) is 2. The summed E-state index contributed by atoms with van der Waals surface area (Å²) in [4.78, 5) is 14.4. The molecule has 4 rings (SSSR count). The molecule has 178 valence electrons. The number of benzene rings is 1. The summed E-state index contributed by atoms with van der Waals surface area (Å²) >= 11 is 6.22. The molecule has 3 saturated carbocycles. The van der Waals surface area contributed by atoms with Crippen LogP contribution < -0.4 is 0 Å². The Kier molecular flexibility index (Phi) is 8.94. The number of rotatable bonds is 8. The molecule has 0 aromatic heterocycles. The van der Waals surface area contributed by atoms with Gasteiger partial charge in [-0.15, -0.1) is 0 Å². The van der Waals surface area contributed by atoms with Gasteiger partial charge >= 0.3 is 5.97 Å². The molecular weight excluding hydrogens is 418 g/mol. The van der Waals surface area contributed by atoms with Crippen LogP contribution in [0.25, 0.3) is 0 Å². The predicted molar refractivity (Wildman–Crippen MR) is 132 cm³/mol. The second-order valence-electron chi connectivity index (χ2n) is 11.0. The maximum Gasteiger partial charge on any atom is 0.303 e. The van der Waals surface area contributed by atoms with E-state index in [1.807, 2.05) is 12.1 Å². The zero-order chi connectivity index (χ0) is 22.3. The van der Waals surface area contributed by atoms with Gasteiger partial charge in [-0.3, -0.25) is 9.69 Å². The Morgan fingerprint density at radius 2 is 1.38 bits per heavy atom. The second kappa shape index (κ2) is 11.9. The van der Waals surface area contributed by atoms with Crippen LogP contribution in [0, 0.1) is 17.8 Å². The molecule has 1 N–H and O–H groups in total. The minimum atomic E-state index is -0.649. The topological polar surface area (TPSA) is 40.5 Å². The van der Waals surface area contributed by atoms with Gasteiger partial charge in [-0.25, -0.2) is 0 Å². The van der Waals surface area contributed by atoms with Gasteiger partial charge in [-0.2, -0.15) is 0 Å². The largest absolute Gasteiger partial charge is 0.481 e. The first-order chi connectivity index (χ1) is 15.6. The van der Waals surface area contributed by atoms with Crippen molar-refractivity contribution in [1.82, 2.24) is 4.90 Å². The lowest BCUT2D eigenvalue weighted by molar-refractivity contribution is -0.138. The Balaban J connectivity index is 1.55. The first kappa shape index (κ1) is 24.1.